The Bertz CT molecular complexity index is 1200. The number of nitrogen functional groups attached to an aromatic ring is 1. The minimum Gasteiger partial charge on any atom is -0.481 e. The third kappa shape index (κ3) is 5.72. The third-order valence-electron chi connectivity index (χ3n) is 4.95. The molecule has 2 heterocycles. The lowest BCUT2D eigenvalue weighted by molar-refractivity contribution is -0.140. The van der Waals surface area contributed by atoms with E-state index in [0.29, 0.717) is 17.5 Å². The molecule has 168 valence electrons. The molecule has 0 fully saturated rings. The summed E-state index contributed by atoms with van der Waals surface area (Å²) < 4.78 is 0. The number of nitrogens with two attached hydrogens (primary N) is 1. The standard InChI is InChI=1S/C21H23N5O6/c22-21-25-17-14(19(30)26-21)10-13(23-17)3-1-2-11-4-6-12(7-5-11)18(29)24-15(20(31)32)8-9-16(27)28/h4-7,10,15H,1-3,8-9H2,(H,24,29)(H,27,28)(H,31,32)(H4,22,23,25,26,30). The Morgan fingerprint density at radius 2 is 1.81 bits per heavy atom. The van der Waals surface area contributed by atoms with Gasteiger partial charge in [0.25, 0.3) is 11.5 Å². The first-order valence-electron chi connectivity index (χ1n) is 9.94. The van der Waals surface area contributed by atoms with Crippen LogP contribution >= 0.6 is 0 Å². The van der Waals surface area contributed by atoms with E-state index in [4.69, 9.17) is 15.9 Å². The molecule has 32 heavy (non-hydrogen) atoms. The Kier molecular flexibility index (Phi) is 6.88. The van der Waals surface area contributed by atoms with E-state index in [-0.39, 0.29) is 29.9 Å². The normalized spacial score (nSPS) is 11.9. The number of aromatic nitrogens is 3. The number of carbonyl (C=O) groups is 3. The van der Waals surface area contributed by atoms with Crippen molar-refractivity contribution in [3.63, 3.8) is 0 Å². The lowest BCUT2D eigenvalue weighted by Crippen LogP contribution is -2.41. The van der Waals surface area contributed by atoms with Gasteiger partial charge in [-0.2, -0.15) is 4.98 Å². The second-order valence-electron chi connectivity index (χ2n) is 7.36. The fraction of sp³-hybridized carbons (Fsp3) is 0.286. The number of aryl methyl sites for hydroxylation is 2. The number of rotatable bonds is 10. The molecule has 11 heteroatoms. The molecule has 3 aromatic rings. The van der Waals surface area contributed by atoms with Crippen molar-refractivity contribution in [1.29, 1.82) is 0 Å². The van der Waals surface area contributed by atoms with E-state index in [9.17, 15) is 19.2 Å². The maximum Gasteiger partial charge on any atom is 0.326 e. The van der Waals surface area contributed by atoms with Gasteiger partial charge in [-0.25, -0.2) is 4.79 Å². The summed E-state index contributed by atoms with van der Waals surface area (Å²) in [5.41, 5.74) is 7.83. The highest BCUT2D eigenvalue weighted by Gasteiger charge is 2.21. The molecule has 0 aliphatic rings. The Morgan fingerprint density at radius 1 is 1.09 bits per heavy atom. The van der Waals surface area contributed by atoms with E-state index < -0.39 is 23.9 Å². The molecule has 0 saturated heterocycles. The molecule has 1 atom stereocenters. The van der Waals surface area contributed by atoms with Crippen LogP contribution in [0.15, 0.2) is 35.1 Å². The van der Waals surface area contributed by atoms with Gasteiger partial charge in [-0.15, -0.1) is 0 Å². The Labute approximate surface area is 181 Å². The third-order valence-corrected chi connectivity index (χ3v) is 4.95. The van der Waals surface area contributed by atoms with Crippen molar-refractivity contribution in [3.8, 4) is 0 Å². The number of hydrogen-bond acceptors (Lipinski definition) is 6. The number of anilines is 1. The zero-order valence-corrected chi connectivity index (χ0v) is 17.1. The molecule has 0 radical (unpaired) electrons. The number of aromatic amines is 2. The van der Waals surface area contributed by atoms with Gasteiger partial charge in [0.1, 0.15) is 11.7 Å². The molecule has 3 rings (SSSR count). The minimum absolute atomic E-state index is 0.0524. The fourth-order valence-electron chi connectivity index (χ4n) is 3.30. The molecule has 11 nitrogen and oxygen atoms in total. The Morgan fingerprint density at radius 3 is 2.47 bits per heavy atom. The number of carboxylic acid groups (broad SMARTS) is 2. The molecule has 0 bridgehead atoms. The van der Waals surface area contributed by atoms with Crippen molar-refractivity contribution < 1.29 is 24.6 Å². The molecule has 1 unspecified atom stereocenters. The van der Waals surface area contributed by atoms with Gasteiger partial charge in [0.05, 0.1) is 5.39 Å². The highest BCUT2D eigenvalue weighted by Crippen LogP contribution is 2.14. The number of nitrogens with one attached hydrogen (secondary N) is 3. The summed E-state index contributed by atoms with van der Waals surface area (Å²) in [7, 11) is 0. The Balaban J connectivity index is 1.54. The molecular weight excluding hydrogens is 418 g/mol. The summed E-state index contributed by atoms with van der Waals surface area (Å²) in [4.78, 5) is 55.6. The molecule has 1 aromatic carbocycles. The maximum absolute atomic E-state index is 12.3. The molecule has 1 amide bonds. The predicted octanol–water partition coefficient (Wildman–Crippen LogP) is 1.06. The largest absolute Gasteiger partial charge is 0.481 e. The number of amides is 1. The molecule has 2 aromatic heterocycles. The number of hydrogen-bond donors (Lipinski definition) is 6. The fourth-order valence-corrected chi connectivity index (χ4v) is 3.30. The highest BCUT2D eigenvalue weighted by atomic mass is 16.4. The van der Waals surface area contributed by atoms with Crippen LogP contribution in [0.3, 0.4) is 0 Å². The molecule has 7 N–H and O–H groups in total. The highest BCUT2D eigenvalue weighted by molar-refractivity contribution is 5.96. The first kappa shape index (κ1) is 22.5. The first-order chi connectivity index (χ1) is 15.2. The van der Waals surface area contributed by atoms with Crippen LogP contribution in [0, 0.1) is 0 Å². The SMILES string of the molecule is Nc1nc2[nH]c(CCCc3ccc(C(=O)NC(CCC(=O)O)C(=O)O)cc3)cc2c(=O)[nH]1. The monoisotopic (exact) mass is 441 g/mol. The zero-order chi connectivity index (χ0) is 23.3. The second-order valence-corrected chi connectivity index (χ2v) is 7.36. The van der Waals surface area contributed by atoms with Crippen LogP contribution in [0.5, 0.6) is 0 Å². The van der Waals surface area contributed by atoms with Crippen LogP contribution in [0.4, 0.5) is 5.95 Å². The zero-order valence-electron chi connectivity index (χ0n) is 17.1. The van der Waals surface area contributed by atoms with Crippen molar-refractivity contribution in [2.24, 2.45) is 0 Å². The van der Waals surface area contributed by atoms with Crippen LogP contribution in [-0.4, -0.2) is 49.1 Å². The summed E-state index contributed by atoms with van der Waals surface area (Å²) in [5.74, 6) is -2.94. The maximum atomic E-state index is 12.3. The molecule has 0 saturated carbocycles. The smallest absolute Gasteiger partial charge is 0.326 e. The number of carbonyl (C=O) groups excluding carboxylic acids is 1. The van der Waals surface area contributed by atoms with Crippen molar-refractivity contribution in [2.45, 2.75) is 38.1 Å². The number of nitrogens with zero attached hydrogens (tertiary/aromatic N) is 1. The Hall–Kier alpha value is -4.15. The summed E-state index contributed by atoms with van der Waals surface area (Å²) in [6.45, 7) is 0. The lowest BCUT2D eigenvalue weighted by atomic mass is 10.0. The van der Waals surface area contributed by atoms with Crippen molar-refractivity contribution in [3.05, 3.63) is 57.5 Å². The van der Waals surface area contributed by atoms with Gasteiger partial charge in [-0.3, -0.25) is 19.4 Å². The van der Waals surface area contributed by atoms with E-state index in [1.165, 1.54) is 0 Å². The van der Waals surface area contributed by atoms with Gasteiger partial charge >= 0.3 is 11.9 Å². The van der Waals surface area contributed by atoms with Gasteiger partial charge in [0, 0.05) is 17.7 Å². The first-order valence-corrected chi connectivity index (χ1v) is 9.94. The average molecular weight is 441 g/mol. The predicted molar refractivity (Wildman–Crippen MR) is 115 cm³/mol. The second kappa shape index (κ2) is 9.77. The van der Waals surface area contributed by atoms with E-state index in [1.54, 1.807) is 30.3 Å². The van der Waals surface area contributed by atoms with Crippen LogP contribution in [0.1, 0.15) is 40.9 Å². The lowest BCUT2D eigenvalue weighted by Gasteiger charge is -2.13. The van der Waals surface area contributed by atoms with Crippen molar-refractivity contribution in [2.75, 3.05) is 5.73 Å². The van der Waals surface area contributed by atoms with Gasteiger partial charge in [0.2, 0.25) is 5.95 Å². The van der Waals surface area contributed by atoms with E-state index in [2.05, 4.69) is 20.3 Å². The quantitative estimate of drug-likeness (QED) is 0.269. The number of fused-ring (bicyclic) bond motifs is 1. The van der Waals surface area contributed by atoms with Crippen molar-refractivity contribution in [1.82, 2.24) is 20.3 Å². The van der Waals surface area contributed by atoms with Crippen LogP contribution < -0.4 is 16.6 Å². The topological polar surface area (TPSA) is 191 Å². The van der Waals surface area contributed by atoms with Crippen LogP contribution in [0.25, 0.3) is 11.0 Å². The van der Waals surface area contributed by atoms with Gasteiger partial charge in [0.15, 0.2) is 0 Å². The number of carboxylic acids is 2. The van der Waals surface area contributed by atoms with E-state index in [1.807, 2.05) is 0 Å². The number of benzene rings is 1. The summed E-state index contributed by atoms with van der Waals surface area (Å²) in [6, 6.07) is 7.22. The molecule has 0 aliphatic heterocycles. The van der Waals surface area contributed by atoms with Gasteiger partial charge in [-0.1, -0.05) is 12.1 Å². The summed E-state index contributed by atoms with van der Waals surface area (Å²) in [6.07, 6.45) is 1.63. The van der Waals surface area contributed by atoms with Crippen LogP contribution in [0.2, 0.25) is 0 Å². The van der Waals surface area contributed by atoms with E-state index in [0.717, 1.165) is 24.1 Å². The number of H-pyrrole nitrogens is 2. The van der Waals surface area contributed by atoms with Crippen LogP contribution in [-0.2, 0) is 22.4 Å². The molecular formula is C21H23N5O6. The summed E-state index contributed by atoms with van der Waals surface area (Å²) in [5, 5.41) is 20.6. The molecule has 0 spiro atoms. The minimum atomic E-state index is -1.28. The van der Waals surface area contributed by atoms with Gasteiger partial charge < -0.3 is 26.2 Å². The number of aliphatic carboxylic acids is 2. The van der Waals surface area contributed by atoms with Gasteiger partial charge in [-0.05, 0) is 49.4 Å². The average Bonchev–Trinajstić information content (AvgIpc) is 3.14. The summed E-state index contributed by atoms with van der Waals surface area (Å²) >= 11 is 0. The molecule has 0 aliphatic carbocycles. The van der Waals surface area contributed by atoms with Crippen molar-refractivity contribution >= 4 is 34.8 Å². The van der Waals surface area contributed by atoms with E-state index >= 15 is 0 Å².